The van der Waals surface area contributed by atoms with Crippen molar-refractivity contribution in [1.82, 2.24) is 40.7 Å². The first kappa shape index (κ1) is 18.7. The van der Waals surface area contributed by atoms with E-state index in [0.717, 1.165) is 5.56 Å². The number of methoxy groups -OCH3 is 1. The number of aromatic nitrogens is 7. The summed E-state index contributed by atoms with van der Waals surface area (Å²) >= 11 is 0. The summed E-state index contributed by atoms with van der Waals surface area (Å²) in [4.78, 5) is 18.5. The molecular formula is C24H21FN8O2. The lowest BCUT2D eigenvalue weighted by Crippen LogP contribution is -2.18. The Balaban J connectivity index is 1.48. The first-order valence-corrected chi connectivity index (χ1v) is 10.6. The second-order valence-electron chi connectivity index (χ2n) is 7.62. The van der Waals surface area contributed by atoms with Crippen molar-refractivity contribution < 1.29 is 18.0 Å². The number of benzene rings is 2. The summed E-state index contributed by atoms with van der Waals surface area (Å²) in [5.41, 5.74) is 3.12. The number of rotatable bonds is 7. The van der Waals surface area contributed by atoms with Crippen molar-refractivity contribution in [2.24, 2.45) is 0 Å². The Morgan fingerprint density at radius 2 is 2.06 bits per heavy atom. The molecule has 0 atom stereocenters. The van der Waals surface area contributed by atoms with Crippen LogP contribution in [-0.4, -0.2) is 55.4 Å². The number of pyridine rings is 1. The maximum absolute atomic E-state index is 13.2. The van der Waals surface area contributed by atoms with E-state index in [4.69, 9.17) is 8.85 Å². The third kappa shape index (κ3) is 4.43. The topological polar surface area (TPSA) is 124 Å². The molecule has 0 aliphatic carbocycles. The maximum atomic E-state index is 13.2. The molecule has 0 radical (unpaired) electrons. The molecule has 11 heteroatoms. The summed E-state index contributed by atoms with van der Waals surface area (Å²) in [5.74, 6) is -0.531. The van der Waals surface area contributed by atoms with Crippen molar-refractivity contribution in [1.29, 1.82) is 0 Å². The van der Waals surface area contributed by atoms with E-state index in [1.165, 1.54) is 24.0 Å². The van der Waals surface area contributed by atoms with Gasteiger partial charge >= 0.3 is 0 Å². The van der Waals surface area contributed by atoms with Gasteiger partial charge in [-0.3, -0.25) is 9.89 Å². The number of nitrogens with one attached hydrogen (secondary N) is 2. The van der Waals surface area contributed by atoms with E-state index in [-0.39, 0.29) is 17.3 Å². The first-order chi connectivity index (χ1) is 18.2. The number of aryl methyl sites for hydroxylation is 2. The summed E-state index contributed by atoms with van der Waals surface area (Å²) in [7, 11) is 1.49. The Labute approximate surface area is 203 Å². The molecule has 0 aliphatic heterocycles. The van der Waals surface area contributed by atoms with E-state index in [1.807, 2.05) is 5.32 Å². The number of carbonyl (C=O) groups excluding carboxylic acids is 1. The molecule has 3 heterocycles. The molecular weight excluding hydrogens is 451 g/mol. The zero-order valence-electron chi connectivity index (χ0n) is 21.5. The van der Waals surface area contributed by atoms with Crippen LogP contribution in [0.15, 0.2) is 54.6 Å². The van der Waals surface area contributed by atoms with Crippen molar-refractivity contribution in [3.8, 4) is 28.5 Å². The van der Waals surface area contributed by atoms with Crippen LogP contribution in [0.25, 0.3) is 33.5 Å². The predicted octanol–water partition coefficient (Wildman–Crippen LogP) is 3.03. The molecule has 5 aromatic rings. The minimum atomic E-state index is -2.65. The summed E-state index contributed by atoms with van der Waals surface area (Å²) in [5, 5.41) is 21.9. The number of hydrogen-bond acceptors (Lipinski definition) is 7. The van der Waals surface area contributed by atoms with Gasteiger partial charge in [0, 0.05) is 28.1 Å². The highest BCUT2D eigenvalue weighted by atomic mass is 19.1. The number of hydrogen-bond donors (Lipinski definition) is 2. The third-order valence-corrected chi connectivity index (χ3v) is 5.46. The molecule has 2 N–H and O–H groups in total. The molecule has 176 valence electrons. The number of amides is 1. The second-order valence-corrected chi connectivity index (χ2v) is 7.62. The number of tetrazole rings is 1. The SMILES string of the molecule is [2H]C([2H])([2H])NC(=O)c1n[nH]c2ccc(-c3ccc(OC)nc3-c3nnn(CCc4ccc(F)cc4)n3)cc12. The van der Waals surface area contributed by atoms with Crippen LogP contribution in [-0.2, 0) is 13.0 Å². The zero-order chi connectivity index (χ0) is 26.9. The second kappa shape index (κ2) is 9.29. The fraction of sp³-hybridized carbons (Fsp3) is 0.167. The molecule has 0 spiro atoms. The molecule has 0 fully saturated rings. The van der Waals surface area contributed by atoms with Gasteiger partial charge in [-0.25, -0.2) is 9.37 Å². The average molecular weight is 476 g/mol. The fourth-order valence-electron chi connectivity index (χ4n) is 3.69. The summed E-state index contributed by atoms with van der Waals surface area (Å²) < 4.78 is 40.4. The summed E-state index contributed by atoms with van der Waals surface area (Å²) in [6, 6.07) is 14.9. The molecule has 0 bridgehead atoms. The van der Waals surface area contributed by atoms with Crippen molar-refractivity contribution >= 4 is 16.8 Å². The molecule has 1 amide bonds. The Morgan fingerprint density at radius 3 is 2.86 bits per heavy atom. The third-order valence-electron chi connectivity index (χ3n) is 5.46. The highest BCUT2D eigenvalue weighted by molar-refractivity contribution is 6.05. The minimum Gasteiger partial charge on any atom is -0.481 e. The molecule has 0 aliphatic rings. The van der Waals surface area contributed by atoms with Gasteiger partial charge in [0.15, 0.2) is 5.69 Å². The standard InChI is InChI=1S/C24H21FN8O2/c1-26-24(34)22-18-13-15(5-9-19(18)28-29-22)17-8-10-20(35-2)27-21(17)23-30-32-33(31-23)12-11-14-3-6-16(25)7-4-14/h3-10,13H,11-12H2,1-2H3,(H,26,34)(H,28,29)/i1D3. The normalized spacial score (nSPS) is 12.7. The lowest BCUT2D eigenvalue weighted by atomic mass is 10.0. The minimum absolute atomic E-state index is 0.0501. The van der Waals surface area contributed by atoms with Gasteiger partial charge in [-0.1, -0.05) is 18.2 Å². The van der Waals surface area contributed by atoms with E-state index in [2.05, 4.69) is 30.6 Å². The number of nitrogens with zero attached hydrogens (tertiary/aromatic N) is 6. The van der Waals surface area contributed by atoms with Gasteiger partial charge in [0.2, 0.25) is 11.7 Å². The Bertz CT molecular complexity index is 1620. The average Bonchev–Trinajstić information content (AvgIpc) is 3.54. The Morgan fingerprint density at radius 1 is 1.20 bits per heavy atom. The van der Waals surface area contributed by atoms with Crippen LogP contribution < -0.4 is 10.1 Å². The van der Waals surface area contributed by atoms with Gasteiger partial charge in [0.25, 0.3) is 5.91 Å². The highest BCUT2D eigenvalue weighted by Gasteiger charge is 2.18. The van der Waals surface area contributed by atoms with Gasteiger partial charge in [-0.15, -0.1) is 10.2 Å². The Hall–Kier alpha value is -4.67. The number of H-pyrrole nitrogens is 1. The van der Waals surface area contributed by atoms with Crippen LogP contribution >= 0.6 is 0 Å². The number of halogens is 1. The van der Waals surface area contributed by atoms with Crippen molar-refractivity contribution in [2.45, 2.75) is 13.0 Å². The van der Waals surface area contributed by atoms with Gasteiger partial charge in [-0.2, -0.15) is 9.90 Å². The van der Waals surface area contributed by atoms with E-state index < -0.39 is 12.9 Å². The molecule has 10 nitrogen and oxygen atoms in total. The molecule has 0 saturated heterocycles. The number of carbonyl (C=O) groups is 1. The van der Waals surface area contributed by atoms with Crippen LogP contribution in [0.2, 0.25) is 0 Å². The number of ether oxygens (including phenoxy) is 1. The van der Waals surface area contributed by atoms with Gasteiger partial charge in [0.05, 0.1) is 19.2 Å². The van der Waals surface area contributed by atoms with Crippen LogP contribution in [0.1, 0.15) is 20.2 Å². The van der Waals surface area contributed by atoms with E-state index in [1.54, 1.807) is 42.5 Å². The monoisotopic (exact) mass is 475 g/mol. The smallest absolute Gasteiger partial charge is 0.272 e. The van der Waals surface area contributed by atoms with E-state index in [0.29, 0.717) is 46.6 Å². The zero-order valence-corrected chi connectivity index (χ0v) is 18.5. The number of fused-ring (bicyclic) bond motifs is 1. The molecule has 2 aromatic carbocycles. The van der Waals surface area contributed by atoms with E-state index in [9.17, 15) is 9.18 Å². The lowest BCUT2D eigenvalue weighted by Gasteiger charge is -2.09. The molecule has 3 aromatic heterocycles. The van der Waals surface area contributed by atoms with Crippen LogP contribution in [0.3, 0.4) is 0 Å². The van der Waals surface area contributed by atoms with Crippen LogP contribution in [0.4, 0.5) is 4.39 Å². The van der Waals surface area contributed by atoms with Gasteiger partial charge < -0.3 is 10.1 Å². The van der Waals surface area contributed by atoms with Crippen molar-refractivity contribution in [3.63, 3.8) is 0 Å². The molecule has 0 unspecified atom stereocenters. The van der Waals surface area contributed by atoms with Gasteiger partial charge in [-0.05, 0) is 53.1 Å². The molecule has 35 heavy (non-hydrogen) atoms. The fourth-order valence-corrected chi connectivity index (χ4v) is 3.69. The molecule has 0 saturated carbocycles. The summed E-state index contributed by atoms with van der Waals surface area (Å²) in [6.45, 7) is -2.23. The number of aromatic amines is 1. The first-order valence-electron chi connectivity index (χ1n) is 12.1. The maximum Gasteiger partial charge on any atom is 0.272 e. The van der Waals surface area contributed by atoms with Gasteiger partial charge in [0.1, 0.15) is 11.5 Å². The summed E-state index contributed by atoms with van der Waals surface area (Å²) in [6.07, 6.45) is 0.576. The Kier molecular flexibility index (Phi) is 4.97. The highest BCUT2D eigenvalue weighted by Crippen LogP contribution is 2.32. The van der Waals surface area contributed by atoms with E-state index >= 15 is 0 Å². The quantitative estimate of drug-likeness (QED) is 0.371. The largest absolute Gasteiger partial charge is 0.481 e. The predicted molar refractivity (Wildman–Crippen MR) is 126 cm³/mol. The van der Waals surface area contributed by atoms with Crippen LogP contribution in [0.5, 0.6) is 5.88 Å². The molecule has 5 rings (SSSR count). The lowest BCUT2D eigenvalue weighted by molar-refractivity contribution is 0.0959. The van der Waals surface area contributed by atoms with Crippen molar-refractivity contribution in [2.75, 3.05) is 14.1 Å². The van der Waals surface area contributed by atoms with Crippen molar-refractivity contribution in [3.05, 3.63) is 71.7 Å². The van der Waals surface area contributed by atoms with Crippen LogP contribution in [0, 0.1) is 5.82 Å².